The molecular weight excluding hydrogens is 335 g/mol. The van der Waals surface area contributed by atoms with Gasteiger partial charge in [0, 0.05) is 19.8 Å². The van der Waals surface area contributed by atoms with E-state index in [0.29, 0.717) is 19.6 Å². The number of allylic oxidation sites excluding steroid dienone is 7. The Morgan fingerprint density at radius 1 is 1.17 bits per heavy atom. The van der Waals surface area contributed by atoms with Gasteiger partial charge in [-0.25, -0.2) is 4.79 Å². The smallest absolute Gasteiger partial charge is 0.330 e. The molecule has 0 aromatic carbocycles. The van der Waals surface area contributed by atoms with Crippen LogP contribution in [0.15, 0.2) is 47.6 Å². The van der Waals surface area contributed by atoms with Gasteiger partial charge in [-0.2, -0.15) is 0 Å². The molecule has 0 unspecified atom stereocenters. The molecule has 3 nitrogen and oxygen atoms in total. The van der Waals surface area contributed by atoms with Crippen LogP contribution in [0.5, 0.6) is 0 Å². The van der Waals surface area contributed by atoms with Crippen LogP contribution in [0.3, 0.4) is 0 Å². The van der Waals surface area contributed by atoms with Crippen LogP contribution in [0, 0.1) is 0 Å². The van der Waals surface area contributed by atoms with Gasteiger partial charge in [0.1, 0.15) is 4.33 Å². The molecular formula is C18H26Cl2O3. The van der Waals surface area contributed by atoms with Crippen molar-refractivity contribution in [3.8, 4) is 0 Å². The highest BCUT2D eigenvalue weighted by Gasteiger charge is 2.18. The summed E-state index contributed by atoms with van der Waals surface area (Å²) in [4.78, 5) is 11.3. The van der Waals surface area contributed by atoms with Gasteiger partial charge in [-0.1, -0.05) is 53.1 Å². The first-order valence-corrected chi connectivity index (χ1v) is 8.32. The minimum Gasteiger partial charge on any atom is -0.463 e. The summed E-state index contributed by atoms with van der Waals surface area (Å²) >= 11 is 12.4. The summed E-state index contributed by atoms with van der Waals surface area (Å²) in [6, 6.07) is 0. The summed E-state index contributed by atoms with van der Waals surface area (Å²) < 4.78 is 8.93. The molecule has 0 amide bonds. The van der Waals surface area contributed by atoms with Crippen molar-refractivity contribution in [2.75, 3.05) is 20.3 Å². The van der Waals surface area contributed by atoms with Crippen molar-refractivity contribution in [3.63, 3.8) is 0 Å². The van der Waals surface area contributed by atoms with E-state index in [0.717, 1.165) is 17.6 Å². The van der Waals surface area contributed by atoms with Crippen LogP contribution in [0.4, 0.5) is 0 Å². The molecule has 0 aliphatic carbocycles. The van der Waals surface area contributed by atoms with Crippen LogP contribution in [0.25, 0.3) is 0 Å². The Labute approximate surface area is 149 Å². The molecule has 130 valence electrons. The first-order chi connectivity index (χ1) is 10.8. The average molecular weight is 361 g/mol. The number of halogens is 2. The van der Waals surface area contributed by atoms with E-state index >= 15 is 0 Å². The normalized spacial score (nSPS) is 14.0. The highest BCUT2D eigenvalue weighted by Crippen LogP contribution is 2.29. The molecule has 0 aliphatic rings. The summed E-state index contributed by atoms with van der Waals surface area (Å²) in [5.74, 6) is -0.333. The summed E-state index contributed by atoms with van der Waals surface area (Å²) in [7, 11) is 1.65. The van der Waals surface area contributed by atoms with Crippen molar-refractivity contribution in [1.29, 1.82) is 0 Å². The predicted molar refractivity (Wildman–Crippen MR) is 98.0 cm³/mol. The fourth-order valence-corrected chi connectivity index (χ4v) is 2.01. The zero-order valence-corrected chi connectivity index (χ0v) is 15.8. The second-order valence-corrected chi connectivity index (χ2v) is 6.64. The predicted octanol–water partition coefficient (Wildman–Crippen LogP) is 5.16. The molecule has 0 fully saturated rings. The van der Waals surface area contributed by atoms with Crippen LogP contribution in [-0.2, 0) is 14.3 Å². The fourth-order valence-electron chi connectivity index (χ4n) is 1.61. The zero-order valence-electron chi connectivity index (χ0n) is 14.3. The average Bonchev–Trinajstić information content (AvgIpc) is 2.45. The molecule has 0 bridgehead atoms. The van der Waals surface area contributed by atoms with Crippen LogP contribution < -0.4 is 0 Å². The highest BCUT2D eigenvalue weighted by molar-refractivity contribution is 6.49. The third-order valence-electron chi connectivity index (χ3n) is 2.80. The Hall–Kier alpha value is -1.03. The van der Waals surface area contributed by atoms with E-state index in [1.807, 2.05) is 38.2 Å². The van der Waals surface area contributed by atoms with E-state index < -0.39 is 4.33 Å². The number of rotatable bonds is 10. The first kappa shape index (κ1) is 22.0. The van der Waals surface area contributed by atoms with Crippen LogP contribution in [0.2, 0.25) is 0 Å². The van der Waals surface area contributed by atoms with Crippen molar-refractivity contribution in [1.82, 2.24) is 0 Å². The van der Waals surface area contributed by atoms with Crippen LogP contribution >= 0.6 is 23.2 Å². The molecule has 0 spiro atoms. The molecule has 0 saturated carbocycles. The van der Waals surface area contributed by atoms with E-state index in [2.05, 4.69) is 0 Å². The third-order valence-corrected chi connectivity index (χ3v) is 3.43. The molecule has 0 radical (unpaired) electrons. The second kappa shape index (κ2) is 12.4. The number of carbonyl (C=O) groups excluding carboxylic acids is 1. The molecule has 0 N–H and O–H groups in total. The van der Waals surface area contributed by atoms with E-state index in [1.165, 1.54) is 6.08 Å². The van der Waals surface area contributed by atoms with Gasteiger partial charge < -0.3 is 9.47 Å². The maximum atomic E-state index is 11.3. The van der Waals surface area contributed by atoms with E-state index in [4.69, 9.17) is 32.7 Å². The van der Waals surface area contributed by atoms with E-state index in [1.54, 1.807) is 20.1 Å². The topological polar surface area (TPSA) is 35.5 Å². The standard InChI is InChI=1S/C18H26Cl2O3/c1-5-23-17(21)14-16(3)9-6-8-15(2)10-12-18(19,20)11-7-13-22-4/h6,8-10,12,14H,5,7,11,13H2,1-4H3/b9-6+,12-10+,15-8+,16-14+. The van der Waals surface area contributed by atoms with Gasteiger partial charge in [0.2, 0.25) is 0 Å². The molecule has 23 heavy (non-hydrogen) atoms. The molecule has 0 aromatic rings. The monoisotopic (exact) mass is 360 g/mol. The minimum absolute atomic E-state index is 0.333. The number of alkyl halides is 2. The zero-order chi connectivity index (χ0) is 17.7. The Balaban J connectivity index is 4.51. The van der Waals surface area contributed by atoms with E-state index in [9.17, 15) is 4.79 Å². The maximum Gasteiger partial charge on any atom is 0.330 e. The van der Waals surface area contributed by atoms with Crippen molar-refractivity contribution < 1.29 is 14.3 Å². The van der Waals surface area contributed by atoms with Gasteiger partial charge in [-0.3, -0.25) is 0 Å². The minimum atomic E-state index is -0.892. The number of hydrogen-bond acceptors (Lipinski definition) is 3. The van der Waals surface area contributed by atoms with Crippen molar-refractivity contribution in [2.45, 2.75) is 37.9 Å². The maximum absolute atomic E-state index is 11.3. The third kappa shape index (κ3) is 13.1. The van der Waals surface area contributed by atoms with E-state index in [-0.39, 0.29) is 5.97 Å². The number of esters is 1. The molecule has 0 rings (SSSR count). The van der Waals surface area contributed by atoms with Crippen molar-refractivity contribution >= 4 is 29.2 Å². The largest absolute Gasteiger partial charge is 0.463 e. The molecule has 0 atom stereocenters. The highest BCUT2D eigenvalue weighted by atomic mass is 35.5. The number of carbonyl (C=O) groups is 1. The fraction of sp³-hybridized carbons (Fsp3) is 0.500. The second-order valence-electron chi connectivity index (χ2n) is 5.10. The van der Waals surface area contributed by atoms with Gasteiger partial charge in [-0.05, 0) is 45.3 Å². The lowest BCUT2D eigenvalue weighted by Gasteiger charge is -2.14. The number of hydrogen-bond donors (Lipinski definition) is 0. The van der Waals surface area contributed by atoms with Crippen LogP contribution in [-0.4, -0.2) is 30.6 Å². The summed E-state index contributed by atoms with van der Waals surface area (Å²) in [5.41, 5.74) is 1.82. The quantitative estimate of drug-likeness (QED) is 0.177. The van der Waals surface area contributed by atoms with Gasteiger partial charge >= 0.3 is 5.97 Å². The molecule has 0 aromatic heterocycles. The number of methoxy groups -OCH3 is 1. The summed E-state index contributed by atoms with van der Waals surface area (Å²) in [5, 5.41) is 0. The number of ether oxygens (including phenoxy) is 2. The Bertz CT molecular complexity index is 475. The molecule has 5 heteroatoms. The van der Waals surface area contributed by atoms with Gasteiger partial charge in [-0.15, -0.1) is 0 Å². The lowest BCUT2D eigenvalue weighted by Crippen LogP contribution is -2.09. The van der Waals surface area contributed by atoms with Gasteiger partial charge in [0.05, 0.1) is 6.61 Å². The molecule has 0 saturated heterocycles. The SMILES string of the molecule is CCOC(=O)/C=C(C)/C=C/C=C(C)/C=C/C(Cl)(Cl)CCCOC. The Morgan fingerprint density at radius 3 is 2.48 bits per heavy atom. The van der Waals surface area contributed by atoms with Gasteiger partial charge in [0.25, 0.3) is 0 Å². The summed E-state index contributed by atoms with van der Waals surface area (Å²) in [6.07, 6.45) is 12.1. The first-order valence-electron chi connectivity index (χ1n) is 7.56. The molecule has 0 heterocycles. The Morgan fingerprint density at radius 2 is 1.87 bits per heavy atom. The van der Waals surface area contributed by atoms with Crippen LogP contribution in [0.1, 0.15) is 33.6 Å². The Kier molecular flexibility index (Phi) is 11.8. The lowest BCUT2D eigenvalue weighted by atomic mass is 10.1. The van der Waals surface area contributed by atoms with Gasteiger partial charge in [0.15, 0.2) is 0 Å². The van der Waals surface area contributed by atoms with Crippen molar-refractivity contribution in [3.05, 3.63) is 47.6 Å². The molecule has 0 aliphatic heterocycles. The lowest BCUT2D eigenvalue weighted by molar-refractivity contribution is -0.137. The summed E-state index contributed by atoms with van der Waals surface area (Å²) in [6.45, 7) is 6.57. The van der Waals surface area contributed by atoms with Crippen molar-refractivity contribution in [2.24, 2.45) is 0 Å².